The molecular weight excluding hydrogens is 338 g/mol. The summed E-state index contributed by atoms with van der Waals surface area (Å²) in [5, 5.41) is 12.0. The van der Waals surface area contributed by atoms with Crippen molar-refractivity contribution in [2.24, 2.45) is 0 Å². The minimum atomic E-state index is -0.263. The second-order valence-corrected chi connectivity index (χ2v) is 6.69. The lowest BCUT2D eigenvalue weighted by Crippen LogP contribution is -2.26. The topological polar surface area (TPSA) is 85.3 Å². The molecule has 0 aliphatic rings. The third-order valence-electron chi connectivity index (χ3n) is 3.66. The van der Waals surface area contributed by atoms with Crippen LogP contribution in [0.3, 0.4) is 0 Å². The summed E-state index contributed by atoms with van der Waals surface area (Å²) in [5.41, 5.74) is 2.04. The molecule has 0 fully saturated rings. The van der Waals surface area contributed by atoms with Crippen LogP contribution in [0.2, 0.25) is 0 Å². The molecule has 25 heavy (non-hydrogen) atoms. The lowest BCUT2D eigenvalue weighted by Gasteiger charge is -2.00. The van der Waals surface area contributed by atoms with E-state index in [9.17, 15) is 4.79 Å². The zero-order valence-electron chi connectivity index (χ0n) is 13.5. The number of aromatic nitrogens is 4. The van der Waals surface area contributed by atoms with Gasteiger partial charge in [-0.15, -0.1) is 0 Å². The van der Waals surface area contributed by atoms with Gasteiger partial charge >= 0.3 is 0 Å². The second-order valence-electron chi connectivity index (χ2n) is 5.53. The van der Waals surface area contributed by atoms with Crippen LogP contribution in [0.1, 0.15) is 21.2 Å². The number of fused-ring (bicyclic) bond motifs is 1. The third-order valence-corrected chi connectivity index (χ3v) is 4.50. The van der Waals surface area contributed by atoms with E-state index >= 15 is 0 Å². The Morgan fingerprint density at radius 2 is 2.16 bits per heavy atom. The van der Waals surface area contributed by atoms with Gasteiger partial charge in [-0.2, -0.15) is 5.10 Å². The SMILES string of the molecule is Cc1nn2cc(CCNC(=O)c3cc(-c4ccccc4)on3)nc2s1. The Labute approximate surface area is 147 Å². The van der Waals surface area contributed by atoms with E-state index in [2.05, 4.69) is 20.6 Å². The number of rotatable bonds is 5. The van der Waals surface area contributed by atoms with E-state index in [0.29, 0.717) is 18.7 Å². The number of aryl methyl sites for hydroxylation is 1. The van der Waals surface area contributed by atoms with Gasteiger partial charge in [0.1, 0.15) is 5.01 Å². The molecule has 0 saturated heterocycles. The number of carbonyl (C=O) groups excluding carboxylic acids is 1. The van der Waals surface area contributed by atoms with Gasteiger partial charge in [0.15, 0.2) is 11.5 Å². The molecule has 0 spiro atoms. The Balaban J connectivity index is 1.36. The number of hydrogen-bond acceptors (Lipinski definition) is 6. The number of amides is 1. The molecule has 0 radical (unpaired) electrons. The summed E-state index contributed by atoms with van der Waals surface area (Å²) in [5.74, 6) is 0.308. The van der Waals surface area contributed by atoms with Crippen LogP contribution < -0.4 is 5.32 Å². The first-order valence-corrected chi connectivity index (χ1v) is 8.63. The van der Waals surface area contributed by atoms with Crippen molar-refractivity contribution in [1.29, 1.82) is 0 Å². The van der Waals surface area contributed by atoms with Gasteiger partial charge in [-0.05, 0) is 6.92 Å². The van der Waals surface area contributed by atoms with Gasteiger partial charge < -0.3 is 9.84 Å². The molecular formula is C17H15N5O2S. The largest absolute Gasteiger partial charge is 0.355 e. The number of nitrogens with zero attached hydrogens (tertiary/aromatic N) is 4. The molecule has 8 heteroatoms. The van der Waals surface area contributed by atoms with Crippen molar-refractivity contribution in [2.75, 3.05) is 6.54 Å². The first-order valence-electron chi connectivity index (χ1n) is 7.81. The highest BCUT2D eigenvalue weighted by Gasteiger charge is 2.13. The average Bonchev–Trinajstić information content (AvgIpc) is 3.30. The Bertz CT molecular complexity index is 987. The fourth-order valence-corrected chi connectivity index (χ4v) is 3.22. The Morgan fingerprint density at radius 1 is 1.32 bits per heavy atom. The van der Waals surface area contributed by atoms with E-state index in [-0.39, 0.29) is 11.6 Å². The Kier molecular flexibility index (Phi) is 4.02. The molecule has 4 rings (SSSR count). The summed E-state index contributed by atoms with van der Waals surface area (Å²) in [7, 11) is 0. The predicted molar refractivity (Wildman–Crippen MR) is 93.6 cm³/mol. The van der Waals surface area contributed by atoms with E-state index in [1.54, 1.807) is 21.9 Å². The third kappa shape index (κ3) is 3.29. The summed E-state index contributed by atoms with van der Waals surface area (Å²) in [4.78, 5) is 17.5. The van der Waals surface area contributed by atoms with E-state index in [1.165, 1.54) is 0 Å². The molecule has 1 aromatic carbocycles. The smallest absolute Gasteiger partial charge is 0.273 e. The van der Waals surface area contributed by atoms with Crippen molar-refractivity contribution < 1.29 is 9.32 Å². The van der Waals surface area contributed by atoms with Crippen LogP contribution in [0.25, 0.3) is 16.3 Å². The normalized spacial score (nSPS) is 11.1. The van der Waals surface area contributed by atoms with Crippen molar-refractivity contribution in [3.05, 3.63) is 59.0 Å². The molecule has 4 aromatic rings. The second kappa shape index (κ2) is 6.48. The van der Waals surface area contributed by atoms with Crippen LogP contribution in [-0.4, -0.2) is 32.2 Å². The molecule has 0 aliphatic carbocycles. The minimum absolute atomic E-state index is 0.263. The molecule has 3 heterocycles. The highest BCUT2D eigenvalue weighted by molar-refractivity contribution is 7.16. The van der Waals surface area contributed by atoms with Crippen molar-refractivity contribution in [3.63, 3.8) is 0 Å². The molecule has 1 N–H and O–H groups in total. The van der Waals surface area contributed by atoms with Gasteiger partial charge in [0.05, 0.1) is 11.9 Å². The quantitative estimate of drug-likeness (QED) is 0.596. The highest BCUT2D eigenvalue weighted by atomic mass is 32.1. The van der Waals surface area contributed by atoms with Crippen LogP contribution in [0.5, 0.6) is 0 Å². The number of nitrogens with one attached hydrogen (secondary N) is 1. The summed E-state index contributed by atoms with van der Waals surface area (Å²) in [6.45, 7) is 2.41. The van der Waals surface area contributed by atoms with Crippen molar-refractivity contribution in [1.82, 2.24) is 25.1 Å². The number of imidazole rings is 1. The summed E-state index contributed by atoms with van der Waals surface area (Å²) < 4.78 is 7.01. The van der Waals surface area contributed by atoms with E-state index in [1.807, 2.05) is 43.5 Å². The van der Waals surface area contributed by atoms with Gasteiger partial charge in [-0.25, -0.2) is 9.50 Å². The zero-order chi connectivity index (χ0) is 17.2. The lowest BCUT2D eigenvalue weighted by atomic mass is 10.1. The van der Waals surface area contributed by atoms with Crippen molar-refractivity contribution >= 4 is 22.2 Å². The van der Waals surface area contributed by atoms with Gasteiger partial charge in [0, 0.05) is 24.6 Å². The molecule has 126 valence electrons. The van der Waals surface area contributed by atoms with Crippen LogP contribution >= 0.6 is 11.3 Å². The standard InChI is InChI=1S/C17H15N5O2S/c1-11-20-22-10-13(19-17(22)25-11)7-8-18-16(23)14-9-15(24-21-14)12-5-3-2-4-6-12/h2-6,9-10H,7-8H2,1H3,(H,18,23). The zero-order valence-corrected chi connectivity index (χ0v) is 14.3. The van der Waals surface area contributed by atoms with Gasteiger partial charge in [0.25, 0.3) is 5.91 Å². The molecule has 7 nitrogen and oxygen atoms in total. The summed E-state index contributed by atoms with van der Waals surface area (Å²) in [6, 6.07) is 11.2. The van der Waals surface area contributed by atoms with E-state index in [4.69, 9.17) is 4.52 Å². The molecule has 0 saturated carbocycles. The van der Waals surface area contributed by atoms with Crippen LogP contribution in [0, 0.1) is 6.92 Å². The molecule has 0 atom stereocenters. The highest BCUT2D eigenvalue weighted by Crippen LogP contribution is 2.19. The fraction of sp³-hybridized carbons (Fsp3) is 0.176. The maximum absolute atomic E-state index is 12.2. The van der Waals surface area contributed by atoms with Gasteiger partial charge in [-0.3, -0.25) is 4.79 Å². The van der Waals surface area contributed by atoms with Crippen LogP contribution in [0.4, 0.5) is 0 Å². The fourth-order valence-electron chi connectivity index (χ4n) is 2.48. The predicted octanol–water partition coefficient (Wildman–Crippen LogP) is 2.73. The van der Waals surface area contributed by atoms with Gasteiger partial charge in [0.2, 0.25) is 4.96 Å². The average molecular weight is 353 g/mol. The summed E-state index contributed by atoms with van der Waals surface area (Å²) >= 11 is 1.54. The van der Waals surface area contributed by atoms with Gasteiger partial charge in [-0.1, -0.05) is 46.8 Å². The maximum atomic E-state index is 12.2. The van der Waals surface area contributed by atoms with Crippen LogP contribution in [0.15, 0.2) is 47.1 Å². The first kappa shape index (κ1) is 15.5. The minimum Gasteiger partial charge on any atom is -0.355 e. The number of carbonyl (C=O) groups is 1. The van der Waals surface area contributed by atoms with Crippen molar-refractivity contribution in [3.8, 4) is 11.3 Å². The summed E-state index contributed by atoms with van der Waals surface area (Å²) in [6.07, 6.45) is 2.51. The Hall–Kier alpha value is -3.00. The lowest BCUT2D eigenvalue weighted by molar-refractivity contribution is 0.0945. The monoisotopic (exact) mass is 353 g/mol. The number of hydrogen-bond donors (Lipinski definition) is 1. The van der Waals surface area contributed by atoms with Crippen molar-refractivity contribution in [2.45, 2.75) is 13.3 Å². The maximum Gasteiger partial charge on any atom is 0.273 e. The molecule has 0 bridgehead atoms. The van der Waals surface area contributed by atoms with E-state index in [0.717, 1.165) is 21.2 Å². The van der Waals surface area contributed by atoms with E-state index < -0.39 is 0 Å². The molecule has 1 amide bonds. The molecule has 0 unspecified atom stereocenters. The Morgan fingerprint density at radius 3 is 2.96 bits per heavy atom. The molecule has 3 aromatic heterocycles. The number of benzene rings is 1. The first-order chi connectivity index (χ1) is 12.2. The van der Waals surface area contributed by atoms with Crippen LogP contribution in [-0.2, 0) is 6.42 Å². The molecule has 0 aliphatic heterocycles.